The van der Waals surface area contributed by atoms with E-state index in [0.717, 1.165) is 67.1 Å². The molecule has 30 heavy (non-hydrogen) atoms. The van der Waals surface area contributed by atoms with Gasteiger partial charge in [0.25, 0.3) is 5.56 Å². The van der Waals surface area contributed by atoms with E-state index in [1.54, 1.807) is 10.9 Å². The number of aryl methyl sites for hydroxylation is 3. The Bertz CT molecular complexity index is 1000. The molecule has 2 aromatic rings. The van der Waals surface area contributed by atoms with Crippen molar-refractivity contribution in [1.29, 1.82) is 0 Å². The normalized spacial score (nSPS) is 18.4. The van der Waals surface area contributed by atoms with Gasteiger partial charge in [-0.1, -0.05) is 0 Å². The van der Waals surface area contributed by atoms with Gasteiger partial charge in [0.15, 0.2) is 0 Å². The summed E-state index contributed by atoms with van der Waals surface area (Å²) in [5, 5.41) is 0.681. The van der Waals surface area contributed by atoms with Crippen molar-refractivity contribution in [3.8, 4) is 0 Å². The number of nitrogens with zero attached hydrogens (tertiary/aromatic N) is 4. The molecule has 0 bridgehead atoms. The van der Waals surface area contributed by atoms with Gasteiger partial charge in [0, 0.05) is 50.4 Å². The maximum Gasteiger partial charge on any atom is 0.262 e. The van der Waals surface area contributed by atoms with E-state index in [2.05, 4.69) is 4.98 Å². The van der Waals surface area contributed by atoms with Gasteiger partial charge in [0.1, 0.15) is 4.83 Å². The number of fused-ring (bicyclic) bond motifs is 1. The first-order valence-corrected chi connectivity index (χ1v) is 11.8. The minimum absolute atomic E-state index is 0.0560. The lowest BCUT2D eigenvalue weighted by molar-refractivity contribution is -0.136. The largest absolute Gasteiger partial charge is 0.343 e. The maximum absolute atomic E-state index is 12.8. The fraction of sp³-hybridized carbons (Fsp3) is 0.636. The van der Waals surface area contributed by atoms with Gasteiger partial charge < -0.3 is 9.80 Å². The predicted molar refractivity (Wildman–Crippen MR) is 118 cm³/mol. The Morgan fingerprint density at radius 2 is 1.93 bits per heavy atom. The highest BCUT2D eigenvalue weighted by Crippen LogP contribution is 2.25. The molecule has 4 rings (SSSR count). The third-order valence-corrected chi connectivity index (χ3v) is 7.70. The van der Waals surface area contributed by atoms with Gasteiger partial charge in [-0.05, 0) is 51.0 Å². The van der Waals surface area contributed by atoms with Crippen LogP contribution in [0, 0.1) is 19.8 Å². The first-order chi connectivity index (χ1) is 14.4. The number of thiophene rings is 1. The predicted octanol–water partition coefficient (Wildman–Crippen LogP) is 2.72. The van der Waals surface area contributed by atoms with Crippen molar-refractivity contribution in [2.75, 3.05) is 26.2 Å². The first kappa shape index (κ1) is 21.0. The second-order valence-corrected chi connectivity index (χ2v) is 9.78. The Hall–Kier alpha value is -2.22. The highest BCUT2D eigenvalue weighted by molar-refractivity contribution is 7.18. The molecule has 2 saturated heterocycles. The number of carbonyl (C=O) groups excluding carboxylic acids is 2. The maximum atomic E-state index is 12.8. The van der Waals surface area contributed by atoms with Crippen LogP contribution >= 0.6 is 11.3 Å². The van der Waals surface area contributed by atoms with E-state index >= 15 is 0 Å². The summed E-state index contributed by atoms with van der Waals surface area (Å²) in [5.41, 5.74) is 0.932. The Morgan fingerprint density at radius 3 is 2.67 bits per heavy atom. The average molecular weight is 431 g/mol. The first-order valence-electron chi connectivity index (χ1n) is 10.9. The zero-order chi connectivity index (χ0) is 21.3. The van der Waals surface area contributed by atoms with Crippen molar-refractivity contribution in [1.82, 2.24) is 19.4 Å². The third kappa shape index (κ3) is 4.29. The second-order valence-electron chi connectivity index (χ2n) is 8.58. The van der Waals surface area contributed by atoms with Gasteiger partial charge in [-0.2, -0.15) is 0 Å². The molecule has 0 N–H and O–H groups in total. The van der Waals surface area contributed by atoms with Crippen LogP contribution in [0.4, 0.5) is 0 Å². The van der Waals surface area contributed by atoms with Gasteiger partial charge in [-0.25, -0.2) is 4.98 Å². The second kappa shape index (κ2) is 8.88. The quantitative estimate of drug-likeness (QED) is 0.731. The lowest BCUT2D eigenvalue weighted by Gasteiger charge is -2.36. The highest BCUT2D eigenvalue weighted by atomic mass is 32.1. The molecular formula is C22H30N4O3S. The van der Waals surface area contributed by atoms with Gasteiger partial charge in [0.2, 0.25) is 11.8 Å². The number of hydrogen-bond donors (Lipinski definition) is 0. The standard InChI is InChI=1S/C22H30N4O3S/c1-15-16(2)30-21-20(15)22(29)26(14-23-21)12-8-19(28)24-10-6-17(7-11-24)13-25-9-4-3-5-18(25)27/h14,17H,3-13H2,1-2H3. The Balaban J connectivity index is 1.30. The summed E-state index contributed by atoms with van der Waals surface area (Å²) in [6.07, 6.45) is 6.56. The molecule has 2 aliphatic rings. The number of rotatable bonds is 5. The summed E-state index contributed by atoms with van der Waals surface area (Å²) in [7, 11) is 0. The van der Waals surface area contributed by atoms with Crippen LogP contribution in [0.15, 0.2) is 11.1 Å². The average Bonchev–Trinajstić information content (AvgIpc) is 3.04. The Kier molecular flexibility index (Phi) is 6.22. The highest BCUT2D eigenvalue weighted by Gasteiger charge is 2.27. The zero-order valence-electron chi connectivity index (χ0n) is 17.9. The number of hydrogen-bond acceptors (Lipinski definition) is 5. The van der Waals surface area contributed by atoms with Gasteiger partial charge >= 0.3 is 0 Å². The van der Waals surface area contributed by atoms with Crippen molar-refractivity contribution in [2.24, 2.45) is 5.92 Å². The summed E-state index contributed by atoms with van der Waals surface area (Å²) in [6, 6.07) is 0. The smallest absolute Gasteiger partial charge is 0.262 e. The lowest BCUT2D eigenvalue weighted by atomic mass is 9.95. The van der Waals surface area contributed by atoms with Crippen molar-refractivity contribution >= 4 is 33.4 Å². The summed E-state index contributed by atoms with van der Waals surface area (Å²) in [4.78, 5) is 47.7. The van der Waals surface area contributed by atoms with Crippen molar-refractivity contribution < 1.29 is 9.59 Å². The summed E-state index contributed by atoms with van der Waals surface area (Å²) in [6.45, 7) is 7.50. The van der Waals surface area contributed by atoms with E-state index in [1.165, 1.54) is 11.3 Å². The van der Waals surface area contributed by atoms with Crippen molar-refractivity contribution in [3.05, 3.63) is 27.1 Å². The zero-order valence-corrected chi connectivity index (χ0v) is 18.7. The number of carbonyl (C=O) groups is 2. The number of likely N-dealkylation sites (tertiary alicyclic amines) is 2. The fourth-order valence-electron chi connectivity index (χ4n) is 4.53. The molecule has 7 nitrogen and oxygen atoms in total. The molecule has 4 heterocycles. The van der Waals surface area contributed by atoms with Crippen LogP contribution in [0.3, 0.4) is 0 Å². The monoisotopic (exact) mass is 430 g/mol. The molecule has 0 atom stereocenters. The van der Waals surface area contributed by atoms with Gasteiger partial charge in [0.05, 0.1) is 11.7 Å². The van der Waals surface area contributed by atoms with E-state index in [9.17, 15) is 14.4 Å². The van der Waals surface area contributed by atoms with E-state index < -0.39 is 0 Å². The van der Waals surface area contributed by atoms with Crippen LogP contribution in [-0.4, -0.2) is 57.3 Å². The van der Waals surface area contributed by atoms with Crippen LogP contribution in [0.25, 0.3) is 10.2 Å². The number of piperidine rings is 2. The van der Waals surface area contributed by atoms with E-state index in [1.807, 2.05) is 23.6 Å². The molecule has 0 unspecified atom stereocenters. The molecule has 2 aliphatic heterocycles. The van der Waals surface area contributed by atoms with E-state index in [0.29, 0.717) is 30.7 Å². The van der Waals surface area contributed by atoms with Crippen LogP contribution < -0.4 is 5.56 Å². The molecule has 0 saturated carbocycles. The van der Waals surface area contributed by atoms with E-state index in [4.69, 9.17) is 0 Å². The van der Waals surface area contributed by atoms with Crippen molar-refractivity contribution in [3.63, 3.8) is 0 Å². The molecule has 0 aromatic carbocycles. The molecule has 2 fully saturated rings. The topological polar surface area (TPSA) is 75.5 Å². The van der Waals surface area contributed by atoms with Crippen LogP contribution in [-0.2, 0) is 16.1 Å². The molecule has 0 radical (unpaired) electrons. The molecular weight excluding hydrogens is 400 g/mol. The SMILES string of the molecule is Cc1sc2ncn(CCC(=O)N3CCC(CN4CCCCC4=O)CC3)c(=O)c2c1C. The van der Waals surface area contributed by atoms with Crippen LogP contribution in [0.1, 0.15) is 49.0 Å². The summed E-state index contributed by atoms with van der Waals surface area (Å²) >= 11 is 1.54. The minimum atomic E-state index is -0.0560. The Morgan fingerprint density at radius 1 is 1.17 bits per heavy atom. The van der Waals surface area contributed by atoms with Crippen LogP contribution in [0.5, 0.6) is 0 Å². The van der Waals surface area contributed by atoms with E-state index in [-0.39, 0.29) is 17.4 Å². The number of amides is 2. The van der Waals surface area contributed by atoms with Crippen molar-refractivity contribution in [2.45, 2.75) is 58.9 Å². The van der Waals surface area contributed by atoms with Crippen LogP contribution in [0.2, 0.25) is 0 Å². The fourth-order valence-corrected chi connectivity index (χ4v) is 5.52. The number of aromatic nitrogens is 2. The van der Waals surface area contributed by atoms with Gasteiger partial charge in [-0.3, -0.25) is 19.0 Å². The molecule has 162 valence electrons. The van der Waals surface area contributed by atoms with Gasteiger partial charge in [-0.15, -0.1) is 11.3 Å². The molecule has 0 aliphatic carbocycles. The molecule has 8 heteroatoms. The third-order valence-electron chi connectivity index (χ3n) is 6.59. The molecule has 2 amide bonds. The molecule has 2 aromatic heterocycles. The lowest BCUT2D eigenvalue weighted by Crippen LogP contribution is -2.44. The summed E-state index contributed by atoms with van der Waals surface area (Å²) in [5.74, 6) is 0.856. The summed E-state index contributed by atoms with van der Waals surface area (Å²) < 4.78 is 1.56. The minimum Gasteiger partial charge on any atom is -0.343 e. The molecule has 0 spiro atoms. The Labute approximate surface area is 180 Å².